The van der Waals surface area contributed by atoms with Gasteiger partial charge in [0.1, 0.15) is 6.61 Å². The predicted octanol–water partition coefficient (Wildman–Crippen LogP) is 3.53. The van der Waals surface area contributed by atoms with E-state index in [0.717, 1.165) is 12.1 Å². The Hall–Kier alpha value is -3.26. The fourth-order valence-corrected chi connectivity index (χ4v) is 3.48. The normalized spacial score (nSPS) is 14.7. The zero-order chi connectivity index (χ0) is 24.3. The molecule has 0 saturated carbocycles. The molecule has 1 aliphatic heterocycles. The topological polar surface area (TPSA) is 112 Å². The van der Waals surface area contributed by atoms with E-state index in [9.17, 15) is 30.8 Å². The summed E-state index contributed by atoms with van der Waals surface area (Å²) in [5.74, 6) is -4.06. The Morgan fingerprint density at radius 2 is 1.67 bits per heavy atom. The quantitative estimate of drug-likeness (QED) is 0.309. The lowest BCUT2D eigenvalue weighted by atomic mass is 10.3. The second-order valence-electron chi connectivity index (χ2n) is 6.54. The smallest absolute Gasteiger partial charge is 0.435 e. The van der Waals surface area contributed by atoms with Crippen LogP contribution in [0.4, 0.5) is 28.0 Å². The van der Waals surface area contributed by atoms with Gasteiger partial charge in [-0.2, -0.15) is 17.2 Å². The minimum absolute atomic E-state index is 0.0615. The highest BCUT2D eigenvalue weighted by Crippen LogP contribution is 2.38. The Kier molecular flexibility index (Phi) is 6.88. The number of carbonyl (C=O) groups excluding carboxylic acids is 1. The van der Waals surface area contributed by atoms with Gasteiger partial charge in [-0.05, 0) is 43.3 Å². The third-order valence-electron chi connectivity index (χ3n) is 4.08. The Labute approximate surface area is 185 Å². The number of fused-ring (bicyclic) bond motifs is 1. The minimum Gasteiger partial charge on any atom is -0.450 e. The van der Waals surface area contributed by atoms with Crippen molar-refractivity contribution in [2.45, 2.75) is 30.2 Å². The number of rotatable bonds is 9. The summed E-state index contributed by atoms with van der Waals surface area (Å²) in [5.41, 5.74) is 0.163. The van der Waals surface area contributed by atoms with Crippen LogP contribution in [0.1, 0.15) is 6.92 Å². The Morgan fingerprint density at radius 3 is 2.18 bits per heavy atom. The molecule has 0 radical (unpaired) electrons. The van der Waals surface area contributed by atoms with Crippen LogP contribution in [0.5, 0.6) is 11.5 Å². The van der Waals surface area contributed by atoms with Crippen molar-refractivity contribution in [3.05, 3.63) is 48.5 Å². The molecule has 0 aromatic heterocycles. The van der Waals surface area contributed by atoms with Gasteiger partial charge in [-0.15, -0.1) is 0 Å². The molecule has 9 nitrogen and oxygen atoms in total. The van der Waals surface area contributed by atoms with E-state index >= 15 is 0 Å². The summed E-state index contributed by atoms with van der Waals surface area (Å²) >= 11 is 0. The highest BCUT2D eigenvalue weighted by atomic mass is 32.2. The molecular weight excluding hydrogens is 476 g/mol. The van der Waals surface area contributed by atoms with Crippen molar-refractivity contribution in [3.8, 4) is 11.5 Å². The van der Waals surface area contributed by atoms with Gasteiger partial charge in [-0.3, -0.25) is 9.50 Å². The number of alkyl carbamates (subject to hydrolysis) is 1. The molecule has 0 saturated heterocycles. The summed E-state index contributed by atoms with van der Waals surface area (Å²) in [6, 6.07) is 8.85. The van der Waals surface area contributed by atoms with Crippen LogP contribution in [0.15, 0.2) is 53.4 Å². The van der Waals surface area contributed by atoms with Gasteiger partial charge in [-0.1, -0.05) is 12.1 Å². The maximum absolute atomic E-state index is 13.0. The van der Waals surface area contributed by atoms with E-state index in [1.165, 1.54) is 12.1 Å². The lowest BCUT2D eigenvalue weighted by Gasteiger charge is -2.28. The first-order chi connectivity index (χ1) is 15.5. The number of amides is 1. The summed E-state index contributed by atoms with van der Waals surface area (Å²) in [6.45, 7) is -0.366. The third kappa shape index (κ3) is 5.76. The average molecular weight is 494 g/mol. The van der Waals surface area contributed by atoms with Crippen molar-refractivity contribution in [2.75, 3.05) is 18.5 Å². The summed E-state index contributed by atoms with van der Waals surface area (Å²) in [5, 5.41) is 5.10. The number of hydrogen-bond donors (Lipinski definition) is 2. The molecule has 2 N–H and O–H groups in total. The lowest BCUT2D eigenvalue weighted by molar-refractivity contribution is -0.147. The molecule has 0 atom stereocenters. The second kappa shape index (κ2) is 9.31. The molecule has 180 valence electrons. The molecule has 0 bridgehead atoms. The van der Waals surface area contributed by atoms with Crippen LogP contribution < -0.4 is 20.1 Å². The number of hydrogen-bond acceptors (Lipinski definition) is 8. The number of alkyl halides is 4. The number of halogens is 4. The molecule has 0 unspecified atom stereocenters. The van der Waals surface area contributed by atoms with Crippen LogP contribution in [0.25, 0.3) is 0 Å². The van der Waals surface area contributed by atoms with Crippen molar-refractivity contribution >= 4 is 21.9 Å². The Morgan fingerprint density at radius 1 is 1.09 bits per heavy atom. The number of carbonyl (C=O) groups is 1. The fraction of sp³-hybridized carbons (Fsp3) is 0.316. The first-order valence-corrected chi connectivity index (χ1v) is 10.7. The average Bonchev–Trinajstić information content (AvgIpc) is 3.10. The summed E-state index contributed by atoms with van der Waals surface area (Å²) in [4.78, 5) is 11.4. The van der Waals surface area contributed by atoms with Crippen molar-refractivity contribution in [1.82, 2.24) is 5.32 Å². The number of nitrogens with one attached hydrogen (secondary N) is 2. The monoisotopic (exact) mass is 494 g/mol. The zero-order valence-electron chi connectivity index (χ0n) is 16.9. The van der Waals surface area contributed by atoms with E-state index in [-0.39, 0.29) is 23.8 Å². The van der Waals surface area contributed by atoms with E-state index in [2.05, 4.69) is 14.8 Å². The molecule has 0 spiro atoms. The maximum Gasteiger partial charge on any atom is 0.435 e. The predicted molar refractivity (Wildman–Crippen MR) is 105 cm³/mol. The van der Waals surface area contributed by atoms with Gasteiger partial charge in [0.25, 0.3) is 10.1 Å². The van der Waals surface area contributed by atoms with Gasteiger partial charge in [0.15, 0.2) is 11.5 Å². The standard InChI is InChI=1S/C19H18F4N2O7S/c1-2-29-17(26)25-19(31-14-5-3-4-6-15(14)32-19)24-12-7-9-13(10-8-12)33(27,28)30-11-18(22,23)16(20)21/h3-10,16,24H,2,11H2,1H3,(H,25,26). The SMILES string of the molecule is CCOC(=O)NC1(Nc2ccc(S(=O)(=O)OCC(F)(F)C(F)F)cc2)Oc2ccccc2O1. The first kappa shape index (κ1) is 24.4. The maximum atomic E-state index is 13.0. The lowest BCUT2D eigenvalue weighted by Crippen LogP contribution is -2.61. The van der Waals surface area contributed by atoms with E-state index in [0.29, 0.717) is 0 Å². The Bertz CT molecular complexity index is 1070. The van der Waals surface area contributed by atoms with Crippen LogP contribution in [-0.4, -0.2) is 46.1 Å². The third-order valence-corrected chi connectivity index (χ3v) is 5.35. The molecule has 1 heterocycles. The summed E-state index contributed by atoms with van der Waals surface area (Å²) < 4.78 is 94.7. The molecule has 14 heteroatoms. The van der Waals surface area contributed by atoms with Crippen LogP contribution >= 0.6 is 0 Å². The van der Waals surface area contributed by atoms with E-state index in [1.54, 1.807) is 31.2 Å². The number of anilines is 1. The molecule has 1 amide bonds. The van der Waals surface area contributed by atoms with Crippen LogP contribution in [0, 0.1) is 0 Å². The van der Waals surface area contributed by atoms with E-state index in [4.69, 9.17) is 14.2 Å². The minimum atomic E-state index is -4.75. The molecule has 0 fully saturated rings. The molecular formula is C19H18F4N2O7S. The van der Waals surface area contributed by atoms with E-state index < -0.39 is 46.1 Å². The Balaban J connectivity index is 1.76. The fourth-order valence-electron chi connectivity index (χ4n) is 2.57. The molecule has 33 heavy (non-hydrogen) atoms. The van der Waals surface area contributed by atoms with Crippen LogP contribution in [0.2, 0.25) is 0 Å². The zero-order valence-corrected chi connectivity index (χ0v) is 17.7. The molecule has 2 aromatic rings. The first-order valence-electron chi connectivity index (χ1n) is 9.32. The highest BCUT2D eigenvalue weighted by Gasteiger charge is 2.45. The van der Waals surface area contributed by atoms with Gasteiger partial charge in [0.05, 0.1) is 11.5 Å². The van der Waals surface area contributed by atoms with Gasteiger partial charge in [0.2, 0.25) is 0 Å². The van der Waals surface area contributed by atoms with Crippen molar-refractivity contribution in [2.24, 2.45) is 0 Å². The van der Waals surface area contributed by atoms with Crippen LogP contribution in [-0.2, 0) is 19.0 Å². The number of ether oxygens (including phenoxy) is 3. The van der Waals surface area contributed by atoms with Crippen molar-refractivity contribution in [3.63, 3.8) is 0 Å². The van der Waals surface area contributed by atoms with Gasteiger partial charge < -0.3 is 14.2 Å². The van der Waals surface area contributed by atoms with Crippen LogP contribution in [0.3, 0.4) is 0 Å². The van der Waals surface area contributed by atoms with Gasteiger partial charge >= 0.3 is 24.5 Å². The summed E-state index contributed by atoms with van der Waals surface area (Å²) in [6.07, 6.45) is -4.97. The largest absolute Gasteiger partial charge is 0.450 e. The van der Waals surface area contributed by atoms with Gasteiger partial charge in [-0.25, -0.2) is 18.9 Å². The number of para-hydroxylation sites is 2. The number of benzene rings is 2. The molecule has 1 aliphatic rings. The molecule has 2 aromatic carbocycles. The van der Waals surface area contributed by atoms with E-state index in [1.807, 2.05) is 0 Å². The second-order valence-corrected chi connectivity index (χ2v) is 8.16. The van der Waals surface area contributed by atoms with Crippen molar-refractivity contribution in [1.29, 1.82) is 0 Å². The molecule has 3 rings (SSSR count). The molecule has 0 aliphatic carbocycles. The van der Waals surface area contributed by atoms with Gasteiger partial charge in [0, 0.05) is 5.69 Å². The highest BCUT2D eigenvalue weighted by molar-refractivity contribution is 7.86. The summed E-state index contributed by atoms with van der Waals surface area (Å²) in [7, 11) is -4.75. The van der Waals surface area contributed by atoms with Crippen molar-refractivity contribution < 1.29 is 49.2 Å².